The number of thioether (sulfide) groups is 1. The maximum atomic E-state index is 11.9. The van der Waals surface area contributed by atoms with Crippen molar-refractivity contribution in [3.05, 3.63) is 35.0 Å². The molecule has 0 aliphatic rings. The molecule has 2 heterocycles. The van der Waals surface area contributed by atoms with Crippen LogP contribution >= 0.6 is 11.8 Å². The van der Waals surface area contributed by atoms with Crippen LogP contribution in [-0.4, -0.2) is 36.0 Å². The Bertz CT molecular complexity index is 880. The minimum absolute atomic E-state index is 0.0978. The molecule has 1 amide bonds. The van der Waals surface area contributed by atoms with Crippen molar-refractivity contribution in [2.45, 2.75) is 5.16 Å². The van der Waals surface area contributed by atoms with Gasteiger partial charge in [0.1, 0.15) is 6.33 Å². The summed E-state index contributed by atoms with van der Waals surface area (Å²) in [6.07, 6.45) is 1.39. The highest BCUT2D eigenvalue weighted by Crippen LogP contribution is 2.18. The molecule has 0 radical (unpaired) electrons. The number of H-pyrrole nitrogens is 1. The number of hydrogen-bond donors (Lipinski definition) is 2. The van der Waals surface area contributed by atoms with Gasteiger partial charge in [0.25, 0.3) is 0 Å². The van der Waals surface area contributed by atoms with E-state index in [0.29, 0.717) is 10.8 Å². The molecule has 114 valence electrons. The van der Waals surface area contributed by atoms with Gasteiger partial charge in [-0.3, -0.25) is 19.0 Å². The molecule has 22 heavy (non-hydrogen) atoms. The van der Waals surface area contributed by atoms with Gasteiger partial charge in [-0.1, -0.05) is 11.8 Å². The lowest BCUT2D eigenvalue weighted by Gasteiger charge is -2.05. The summed E-state index contributed by atoms with van der Waals surface area (Å²) in [5, 5.41) is 9.79. The van der Waals surface area contributed by atoms with E-state index in [1.807, 2.05) is 6.07 Å². The first-order valence-electron chi connectivity index (χ1n) is 6.50. The number of nitrogens with zero attached hydrogens (tertiary/aromatic N) is 4. The summed E-state index contributed by atoms with van der Waals surface area (Å²) in [7, 11) is 3.42. The van der Waals surface area contributed by atoms with Crippen LogP contribution in [0.2, 0.25) is 0 Å². The number of anilines is 1. The largest absolute Gasteiger partial charge is 0.328 e. The van der Waals surface area contributed by atoms with Crippen LogP contribution in [0.5, 0.6) is 0 Å². The lowest BCUT2D eigenvalue weighted by molar-refractivity contribution is -0.113. The molecule has 0 aliphatic carbocycles. The number of hydrogen-bond acceptors (Lipinski definition) is 5. The first-order chi connectivity index (χ1) is 10.6. The summed E-state index contributed by atoms with van der Waals surface area (Å²) in [6.45, 7) is 0. The van der Waals surface area contributed by atoms with Gasteiger partial charge in [-0.05, 0) is 18.2 Å². The second-order valence-corrected chi connectivity index (χ2v) is 5.70. The molecule has 0 aliphatic heterocycles. The number of aromatic amines is 1. The Morgan fingerprint density at radius 1 is 1.32 bits per heavy atom. The third-order valence-corrected chi connectivity index (χ3v) is 4.17. The fourth-order valence-electron chi connectivity index (χ4n) is 2.18. The van der Waals surface area contributed by atoms with E-state index >= 15 is 0 Å². The molecule has 8 nitrogen and oxygen atoms in total. The zero-order valence-corrected chi connectivity index (χ0v) is 12.8. The quantitative estimate of drug-likeness (QED) is 0.691. The Kier molecular flexibility index (Phi) is 3.72. The molecule has 0 saturated heterocycles. The second kappa shape index (κ2) is 5.68. The fraction of sp³-hybridized carbons (Fsp3) is 0.231. The lowest BCUT2D eigenvalue weighted by Crippen LogP contribution is -2.19. The minimum Gasteiger partial charge on any atom is -0.325 e. The number of benzene rings is 1. The molecule has 3 rings (SSSR count). The molecule has 0 atom stereocenters. The van der Waals surface area contributed by atoms with Crippen molar-refractivity contribution in [3.63, 3.8) is 0 Å². The van der Waals surface area contributed by atoms with Gasteiger partial charge in [0.15, 0.2) is 5.16 Å². The topological polar surface area (TPSA) is 97.6 Å². The number of rotatable bonds is 4. The molecular formula is C13H14N6O2S. The lowest BCUT2D eigenvalue weighted by atomic mass is 10.2. The van der Waals surface area contributed by atoms with Crippen LogP contribution in [0.25, 0.3) is 11.0 Å². The van der Waals surface area contributed by atoms with E-state index in [1.54, 1.807) is 35.4 Å². The van der Waals surface area contributed by atoms with Crippen molar-refractivity contribution in [1.29, 1.82) is 0 Å². The number of aryl methyl sites for hydroxylation is 2. The molecule has 3 aromatic rings. The van der Waals surface area contributed by atoms with Gasteiger partial charge in [0.2, 0.25) is 5.91 Å². The highest BCUT2D eigenvalue weighted by molar-refractivity contribution is 7.99. The van der Waals surface area contributed by atoms with Gasteiger partial charge in [-0.15, -0.1) is 0 Å². The first kappa shape index (κ1) is 14.4. The molecule has 0 saturated carbocycles. The molecule has 1 aromatic carbocycles. The van der Waals surface area contributed by atoms with Crippen LogP contribution in [0, 0.1) is 0 Å². The van der Waals surface area contributed by atoms with Gasteiger partial charge in [-0.25, -0.2) is 9.78 Å². The van der Waals surface area contributed by atoms with Gasteiger partial charge in [0, 0.05) is 19.8 Å². The third kappa shape index (κ3) is 2.62. The number of carbonyl (C=O) groups is 1. The molecule has 2 aromatic heterocycles. The van der Waals surface area contributed by atoms with Gasteiger partial charge < -0.3 is 5.32 Å². The third-order valence-electron chi connectivity index (χ3n) is 3.29. The molecule has 0 spiro atoms. The van der Waals surface area contributed by atoms with E-state index in [4.69, 9.17) is 0 Å². The van der Waals surface area contributed by atoms with Crippen LogP contribution in [0.15, 0.2) is 34.5 Å². The van der Waals surface area contributed by atoms with Gasteiger partial charge in [0.05, 0.1) is 16.8 Å². The predicted octanol–water partition coefficient (Wildman–Crippen LogP) is 0.726. The Morgan fingerprint density at radius 3 is 2.82 bits per heavy atom. The number of amides is 1. The summed E-state index contributed by atoms with van der Waals surface area (Å²) in [4.78, 5) is 27.7. The molecular weight excluding hydrogens is 304 g/mol. The highest BCUT2D eigenvalue weighted by Gasteiger charge is 2.10. The number of carbonyl (C=O) groups excluding carboxylic acids is 1. The summed E-state index contributed by atoms with van der Waals surface area (Å²) >= 11 is 1.27. The number of aromatic nitrogens is 5. The average molecular weight is 318 g/mol. The van der Waals surface area contributed by atoms with Crippen molar-refractivity contribution >= 4 is 34.4 Å². The Balaban J connectivity index is 1.75. The van der Waals surface area contributed by atoms with Gasteiger partial charge in [-0.2, -0.15) is 5.10 Å². The highest BCUT2D eigenvalue weighted by atomic mass is 32.2. The zero-order chi connectivity index (χ0) is 15.7. The number of imidazole rings is 1. The minimum atomic E-state index is -0.151. The van der Waals surface area contributed by atoms with E-state index in [0.717, 1.165) is 11.0 Å². The van der Waals surface area contributed by atoms with E-state index < -0.39 is 0 Å². The maximum absolute atomic E-state index is 11.9. The second-order valence-electron chi connectivity index (χ2n) is 4.73. The van der Waals surface area contributed by atoms with Crippen molar-refractivity contribution in [2.24, 2.45) is 14.1 Å². The normalized spacial score (nSPS) is 11.0. The smallest absolute Gasteiger partial charge is 0.325 e. The Labute approximate surface area is 129 Å². The van der Waals surface area contributed by atoms with Crippen LogP contribution in [-0.2, 0) is 18.9 Å². The molecule has 0 fully saturated rings. The summed E-state index contributed by atoms with van der Waals surface area (Å²) in [6, 6.07) is 5.38. The van der Waals surface area contributed by atoms with E-state index in [1.165, 1.54) is 18.1 Å². The molecule has 2 N–H and O–H groups in total. The van der Waals surface area contributed by atoms with Crippen molar-refractivity contribution in [2.75, 3.05) is 11.1 Å². The Hall–Kier alpha value is -2.55. The summed E-state index contributed by atoms with van der Waals surface area (Å²) in [5.74, 6) is 0.0719. The van der Waals surface area contributed by atoms with Crippen molar-refractivity contribution < 1.29 is 4.79 Å². The number of nitrogens with one attached hydrogen (secondary N) is 2. The molecule has 9 heteroatoms. The van der Waals surface area contributed by atoms with Crippen LogP contribution in [0.4, 0.5) is 5.69 Å². The summed E-state index contributed by atoms with van der Waals surface area (Å²) < 4.78 is 3.12. The SMILES string of the molecule is Cn1c(=O)n(C)c2cc(NC(=O)CSc3ncn[nH]3)ccc21. The summed E-state index contributed by atoms with van der Waals surface area (Å²) in [5.41, 5.74) is 2.14. The Morgan fingerprint density at radius 2 is 2.09 bits per heavy atom. The van der Waals surface area contributed by atoms with Crippen LogP contribution in [0.3, 0.4) is 0 Å². The van der Waals surface area contributed by atoms with Crippen molar-refractivity contribution in [1.82, 2.24) is 24.3 Å². The standard InChI is InChI=1S/C13H14N6O2S/c1-18-9-4-3-8(5-10(9)19(2)13(18)21)16-11(20)6-22-12-14-7-15-17-12/h3-5,7H,6H2,1-2H3,(H,16,20)(H,14,15,17). The van der Waals surface area contributed by atoms with E-state index in [-0.39, 0.29) is 17.3 Å². The molecule has 0 bridgehead atoms. The van der Waals surface area contributed by atoms with Crippen LogP contribution in [0.1, 0.15) is 0 Å². The maximum Gasteiger partial charge on any atom is 0.328 e. The predicted molar refractivity (Wildman–Crippen MR) is 83.9 cm³/mol. The average Bonchev–Trinajstić information content (AvgIpc) is 3.10. The van der Waals surface area contributed by atoms with E-state index in [9.17, 15) is 9.59 Å². The van der Waals surface area contributed by atoms with Crippen molar-refractivity contribution in [3.8, 4) is 0 Å². The first-order valence-corrected chi connectivity index (χ1v) is 7.48. The molecule has 0 unspecified atom stereocenters. The monoisotopic (exact) mass is 318 g/mol. The number of fused-ring (bicyclic) bond motifs is 1. The zero-order valence-electron chi connectivity index (χ0n) is 12.0. The van der Waals surface area contributed by atoms with Gasteiger partial charge >= 0.3 is 5.69 Å². The fourth-order valence-corrected chi connectivity index (χ4v) is 2.76. The van der Waals surface area contributed by atoms with E-state index in [2.05, 4.69) is 20.5 Å². The van der Waals surface area contributed by atoms with Crippen LogP contribution < -0.4 is 11.0 Å².